The first kappa shape index (κ1) is 14.6. The van der Waals surface area contributed by atoms with Gasteiger partial charge in [0.25, 0.3) is 0 Å². The Kier molecular flexibility index (Phi) is 5.09. The number of nitrogens with two attached hydrogens (primary N) is 1. The number of carbonyl (C=O) groups is 3. The molecule has 6 N–H and O–H groups in total. The molecule has 92 valence electrons. The molecule has 9 nitrogen and oxygen atoms in total. The monoisotopic (exact) mass is 254 g/mol. The number of carboxylic acid groups (broad SMARTS) is 1. The Balaban J connectivity index is 4.41. The summed E-state index contributed by atoms with van der Waals surface area (Å²) in [5.41, 5.74) is 4.79. The zero-order valence-corrected chi connectivity index (χ0v) is 8.89. The molecule has 0 saturated heterocycles. The number of carboxylic acids is 1. The Morgan fingerprint density at radius 2 is 1.81 bits per heavy atom. The van der Waals surface area contributed by atoms with Gasteiger partial charge < -0.3 is 25.9 Å². The van der Waals surface area contributed by atoms with Crippen LogP contribution in [-0.2, 0) is 18.9 Å². The van der Waals surface area contributed by atoms with Gasteiger partial charge in [-0.1, -0.05) is 0 Å². The predicted molar refractivity (Wildman–Crippen MR) is 50.3 cm³/mol. The molecule has 1 atom stereocenters. The van der Waals surface area contributed by atoms with Gasteiger partial charge >= 0.3 is 13.6 Å². The lowest BCUT2D eigenvalue weighted by molar-refractivity contribution is -0.140. The number of primary amides is 1. The topological polar surface area (TPSA) is 167 Å². The van der Waals surface area contributed by atoms with Gasteiger partial charge in [-0.05, 0) is 0 Å². The largest absolute Gasteiger partial charge is 0.481 e. The fourth-order valence-electron chi connectivity index (χ4n) is 0.824. The number of carbonyl (C=O) groups excluding carboxylic acids is 2. The number of nitrogens with one attached hydrogen (secondary N) is 1. The molecule has 0 saturated carbocycles. The van der Waals surface area contributed by atoms with E-state index >= 15 is 0 Å². The number of rotatable bonds is 6. The van der Waals surface area contributed by atoms with Crippen LogP contribution in [0, 0.1) is 0 Å². The zero-order chi connectivity index (χ0) is 12.9. The van der Waals surface area contributed by atoms with Crippen LogP contribution in [0.3, 0.4) is 0 Å². The Hall–Kier alpha value is -1.44. The Bertz CT molecular complexity index is 349. The Morgan fingerprint density at radius 3 is 2.12 bits per heavy atom. The van der Waals surface area contributed by atoms with Crippen LogP contribution in [0.2, 0.25) is 0 Å². The summed E-state index contributed by atoms with van der Waals surface area (Å²) in [5.74, 6) is -3.61. The normalized spacial score (nSPS) is 12.9. The van der Waals surface area contributed by atoms with Crippen molar-refractivity contribution in [1.82, 2.24) is 5.32 Å². The maximum absolute atomic E-state index is 11.0. The SMILES string of the molecule is NC(=O)[C@H](CC(=O)O)NC(=O)CP(=O)(O)O. The van der Waals surface area contributed by atoms with Crippen LogP contribution in [-0.4, -0.2) is 44.9 Å². The van der Waals surface area contributed by atoms with E-state index in [9.17, 15) is 18.9 Å². The Labute approximate surface area is 89.8 Å². The average molecular weight is 254 g/mol. The zero-order valence-electron chi connectivity index (χ0n) is 7.99. The van der Waals surface area contributed by atoms with Gasteiger partial charge in [0.2, 0.25) is 11.8 Å². The van der Waals surface area contributed by atoms with Crippen LogP contribution in [0.1, 0.15) is 6.42 Å². The molecule has 0 fully saturated rings. The van der Waals surface area contributed by atoms with Gasteiger partial charge in [-0.3, -0.25) is 18.9 Å². The highest BCUT2D eigenvalue weighted by atomic mass is 31.2. The summed E-state index contributed by atoms with van der Waals surface area (Å²) in [5, 5.41) is 10.2. The second kappa shape index (κ2) is 5.59. The molecule has 0 radical (unpaired) electrons. The number of amides is 2. The van der Waals surface area contributed by atoms with Gasteiger partial charge in [-0.2, -0.15) is 0 Å². The van der Waals surface area contributed by atoms with Gasteiger partial charge in [0, 0.05) is 0 Å². The number of hydrogen-bond acceptors (Lipinski definition) is 4. The highest BCUT2D eigenvalue weighted by molar-refractivity contribution is 7.52. The summed E-state index contributed by atoms with van der Waals surface area (Å²) >= 11 is 0. The van der Waals surface area contributed by atoms with Crippen molar-refractivity contribution in [3.8, 4) is 0 Å². The fourth-order valence-corrected chi connectivity index (χ4v) is 1.29. The minimum Gasteiger partial charge on any atom is -0.481 e. The van der Waals surface area contributed by atoms with Crippen LogP contribution in [0.4, 0.5) is 0 Å². The molecule has 0 aliphatic rings. The molecule has 0 aromatic carbocycles. The van der Waals surface area contributed by atoms with E-state index in [0.717, 1.165) is 0 Å². The van der Waals surface area contributed by atoms with E-state index < -0.39 is 44.0 Å². The third kappa shape index (κ3) is 6.93. The minimum atomic E-state index is -4.55. The molecule has 0 aromatic rings. The summed E-state index contributed by atoms with van der Waals surface area (Å²) in [4.78, 5) is 48.8. The molecule has 10 heteroatoms. The van der Waals surface area contributed by atoms with E-state index in [1.54, 1.807) is 0 Å². The number of aliphatic carboxylic acids is 1. The average Bonchev–Trinajstić information content (AvgIpc) is 1.97. The lowest BCUT2D eigenvalue weighted by Gasteiger charge is -2.13. The van der Waals surface area contributed by atoms with E-state index in [4.69, 9.17) is 20.6 Å². The first-order valence-corrected chi connectivity index (χ1v) is 5.76. The van der Waals surface area contributed by atoms with Crippen LogP contribution in [0.25, 0.3) is 0 Å². The molecule has 0 bridgehead atoms. The van der Waals surface area contributed by atoms with Gasteiger partial charge in [0.05, 0.1) is 6.42 Å². The van der Waals surface area contributed by atoms with E-state index in [1.807, 2.05) is 5.32 Å². The second-order valence-electron chi connectivity index (χ2n) is 2.94. The van der Waals surface area contributed by atoms with Crippen LogP contribution in [0.5, 0.6) is 0 Å². The van der Waals surface area contributed by atoms with Crippen molar-refractivity contribution < 1.29 is 33.8 Å². The Morgan fingerprint density at radius 1 is 1.31 bits per heavy atom. The molecule has 0 aromatic heterocycles. The van der Waals surface area contributed by atoms with Gasteiger partial charge in [0.1, 0.15) is 12.2 Å². The van der Waals surface area contributed by atoms with E-state index in [0.29, 0.717) is 0 Å². The molecule has 16 heavy (non-hydrogen) atoms. The van der Waals surface area contributed by atoms with E-state index in [1.165, 1.54) is 0 Å². The summed E-state index contributed by atoms with van der Waals surface area (Å²) in [7, 11) is -4.55. The van der Waals surface area contributed by atoms with Gasteiger partial charge in [-0.15, -0.1) is 0 Å². The molecule has 0 heterocycles. The molecule has 0 rings (SSSR count). The second-order valence-corrected chi connectivity index (χ2v) is 4.59. The lowest BCUT2D eigenvalue weighted by atomic mass is 10.2. The van der Waals surface area contributed by atoms with E-state index in [2.05, 4.69) is 0 Å². The standard InChI is InChI=1S/C6H11N2O7P/c7-6(12)3(1-5(10)11)8-4(9)2-16(13,14)15/h3H,1-2H2,(H2,7,12)(H,8,9)(H,10,11)(H2,13,14,15)/t3-/m0/s1. The molecule has 0 aliphatic carbocycles. The molecular formula is C6H11N2O7P. The van der Waals surface area contributed by atoms with Crippen LogP contribution in [0.15, 0.2) is 0 Å². The van der Waals surface area contributed by atoms with Crippen molar-refractivity contribution in [3.63, 3.8) is 0 Å². The van der Waals surface area contributed by atoms with Gasteiger partial charge in [0.15, 0.2) is 0 Å². The quantitative estimate of drug-likeness (QED) is 0.329. The highest BCUT2D eigenvalue weighted by Gasteiger charge is 2.25. The van der Waals surface area contributed by atoms with Crippen molar-refractivity contribution in [2.75, 3.05) is 6.16 Å². The molecular weight excluding hydrogens is 243 g/mol. The van der Waals surface area contributed by atoms with Crippen molar-refractivity contribution in [3.05, 3.63) is 0 Å². The van der Waals surface area contributed by atoms with Crippen molar-refractivity contribution in [2.24, 2.45) is 5.73 Å². The first-order chi connectivity index (χ1) is 7.11. The smallest absolute Gasteiger partial charge is 0.334 e. The first-order valence-electron chi connectivity index (χ1n) is 3.97. The molecule has 2 amide bonds. The summed E-state index contributed by atoms with van der Waals surface area (Å²) in [6.45, 7) is 0. The third-order valence-corrected chi connectivity index (χ3v) is 2.11. The lowest BCUT2D eigenvalue weighted by Crippen LogP contribution is -2.46. The summed E-state index contributed by atoms with van der Waals surface area (Å²) in [6, 6.07) is -1.49. The third-order valence-electron chi connectivity index (χ3n) is 1.41. The van der Waals surface area contributed by atoms with Crippen LogP contribution >= 0.6 is 7.60 Å². The number of hydrogen-bond donors (Lipinski definition) is 5. The molecule has 0 spiro atoms. The van der Waals surface area contributed by atoms with Gasteiger partial charge in [-0.25, -0.2) is 0 Å². The molecule has 0 unspecified atom stereocenters. The van der Waals surface area contributed by atoms with Crippen molar-refractivity contribution in [2.45, 2.75) is 12.5 Å². The fraction of sp³-hybridized carbons (Fsp3) is 0.500. The van der Waals surface area contributed by atoms with Crippen molar-refractivity contribution in [1.29, 1.82) is 0 Å². The maximum Gasteiger partial charge on any atom is 0.334 e. The van der Waals surface area contributed by atoms with E-state index in [-0.39, 0.29) is 0 Å². The summed E-state index contributed by atoms with van der Waals surface area (Å²) < 4.78 is 10.4. The predicted octanol–water partition coefficient (Wildman–Crippen LogP) is -2.39. The van der Waals surface area contributed by atoms with Crippen molar-refractivity contribution >= 4 is 25.4 Å². The molecule has 0 aliphatic heterocycles. The summed E-state index contributed by atoms with van der Waals surface area (Å²) in [6.07, 6.45) is -1.88. The maximum atomic E-state index is 11.0. The van der Waals surface area contributed by atoms with Crippen LogP contribution < -0.4 is 11.1 Å². The minimum absolute atomic E-state index is 0.748. The highest BCUT2D eigenvalue weighted by Crippen LogP contribution is 2.33.